The van der Waals surface area contributed by atoms with Crippen molar-refractivity contribution in [2.75, 3.05) is 0 Å². The van der Waals surface area contributed by atoms with E-state index in [1.807, 2.05) is 0 Å². The molecule has 88 valence electrons. The summed E-state index contributed by atoms with van der Waals surface area (Å²) in [6, 6.07) is 7.34. The molecule has 0 spiro atoms. The van der Waals surface area contributed by atoms with Gasteiger partial charge in [0.15, 0.2) is 14.6 Å². The predicted octanol–water partition coefficient (Wildman–Crippen LogP) is 1.74. The molecule has 1 aliphatic carbocycles. The van der Waals surface area contributed by atoms with Crippen molar-refractivity contribution in [1.29, 1.82) is 5.26 Å². The first kappa shape index (κ1) is 12.1. The van der Waals surface area contributed by atoms with Gasteiger partial charge in [-0.05, 0) is 24.3 Å². The molecule has 0 saturated heterocycles. The summed E-state index contributed by atoms with van der Waals surface area (Å²) in [4.78, 5) is 11.0. The maximum absolute atomic E-state index is 12.2. The van der Waals surface area contributed by atoms with Crippen LogP contribution in [0.2, 0.25) is 5.02 Å². The largest absolute Gasteiger partial charge is 0.300 e. The van der Waals surface area contributed by atoms with Gasteiger partial charge in [-0.1, -0.05) is 11.6 Å². The Labute approximate surface area is 104 Å². The SMILES string of the molecule is N#CC1(S(=O)(=O)c2ccc(Cl)cc2)CC(=O)C1. The van der Waals surface area contributed by atoms with Crippen LogP contribution in [-0.2, 0) is 14.6 Å². The van der Waals surface area contributed by atoms with Crippen LogP contribution in [0, 0.1) is 11.3 Å². The first-order valence-electron chi connectivity index (χ1n) is 4.84. The smallest absolute Gasteiger partial charge is 0.198 e. The molecule has 1 aromatic rings. The number of hydrogen-bond acceptors (Lipinski definition) is 4. The number of nitrogens with zero attached hydrogens (tertiary/aromatic N) is 1. The van der Waals surface area contributed by atoms with E-state index in [-0.39, 0.29) is 23.5 Å². The highest BCUT2D eigenvalue weighted by molar-refractivity contribution is 7.93. The quantitative estimate of drug-likeness (QED) is 0.819. The number of sulfone groups is 1. The average molecular weight is 270 g/mol. The molecule has 17 heavy (non-hydrogen) atoms. The molecule has 1 aromatic carbocycles. The lowest BCUT2D eigenvalue weighted by Crippen LogP contribution is -2.49. The fourth-order valence-electron chi connectivity index (χ4n) is 1.75. The maximum atomic E-state index is 12.2. The molecule has 4 nitrogen and oxygen atoms in total. The Bertz CT molecular complexity index is 605. The van der Waals surface area contributed by atoms with E-state index < -0.39 is 14.6 Å². The zero-order valence-corrected chi connectivity index (χ0v) is 10.3. The molecule has 0 radical (unpaired) electrons. The number of benzene rings is 1. The van der Waals surface area contributed by atoms with E-state index in [1.165, 1.54) is 24.3 Å². The summed E-state index contributed by atoms with van der Waals surface area (Å²) in [7, 11) is -3.80. The monoisotopic (exact) mass is 269 g/mol. The molecule has 0 N–H and O–H groups in total. The highest BCUT2D eigenvalue weighted by Gasteiger charge is 2.55. The standard InChI is InChI=1S/C11H8ClNO3S/c12-8-1-3-10(4-2-8)17(15,16)11(7-13)5-9(14)6-11/h1-4H,5-6H2. The summed E-state index contributed by atoms with van der Waals surface area (Å²) < 4.78 is 22.8. The highest BCUT2D eigenvalue weighted by atomic mass is 35.5. The van der Waals surface area contributed by atoms with Gasteiger partial charge in [0.05, 0.1) is 11.0 Å². The molecule has 0 bridgehead atoms. The first-order chi connectivity index (χ1) is 7.91. The lowest BCUT2D eigenvalue weighted by atomic mass is 9.84. The van der Waals surface area contributed by atoms with Crippen LogP contribution in [0.15, 0.2) is 29.2 Å². The molecule has 0 amide bonds. The Hall–Kier alpha value is -1.38. The third-order valence-corrected chi connectivity index (χ3v) is 5.36. The molecule has 0 atom stereocenters. The van der Waals surface area contributed by atoms with Gasteiger partial charge < -0.3 is 0 Å². The van der Waals surface area contributed by atoms with Gasteiger partial charge in [-0.25, -0.2) is 8.42 Å². The zero-order chi connectivity index (χ0) is 12.7. The van der Waals surface area contributed by atoms with Gasteiger partial charge in [0, 0.05) is 17.9 Å². The fourth-order valence-corrected chi connectivity index (χ4v) is 3.65. The van der Waals surface area contributed by atoms with E-state index in [0.29, 0.717) is 5.02 Å². The Kier molecular flexibility index (Phi) is 2.72. The van der Waals surface area contributed by atoms with E-state index in [9.17, 15) is 13.2 Å². The predicted molar refractivity (Wildman–Crippen MR) is 61.2 cm³/mol. The Morgan fingerprint density at radius 1 is 1.24 bits per heavy atom. The van der Waals surface area contributed by atoms with Crippen molar-refractivity contribution in [2.45, 2.75) is 22.5 Å². The number of Topliss-reactive ketones (excluding diaryl/α,β-unsaturated/α-hetero) is 1. The normalized spacial score (nSPS) is 18.2. The number of carbonyl (C=O) groups is 1. The second-order valence-electron chi connectivity index (χ2n) is 3.96. The Morgan fingerprint density at radius 3 is 2.18 bits per heavy atom. The molecule has 1 aliphatic rings. The van der Waals surface area contributed by atoms with Crippen molar-refractivity contribution in [2.24, 2.45) is 0 Å². The molecule has 6 heteroatoms. The molecule has 0 unspecified atom stereocenters. The number of nitriles is 1. The molecule has 2 rings (SSSR count). The minimum absolute atomic E-state index is 0.0240. The number of hydrogen-bond donors (Lipinski definition) is 0. The summed E-state index contributed by atoms with van der Waals surface area (Å²) in [6.07, 6.45) is -0.455. The van der Waals surface area contributed by atoms with Gasteiger partial charge in [0.25, 0.3) is 0 Å². The summed E-state index contributed by atoms with van der Waals surface area (Å²) in [5, 5.41) is 9.41. The van der Waals surface area contributed by atoms with Gasteiger partial charge in [0.2, 0.25) is 0 Å². The topological polar surface area (TPSA) is 75.0 Å². The third-order valence-electron chi connectivity index (χ3n) is 2.81. The van der Waals surface area contributed by atoms with E-state index >= 15 is 0 Å². The van der Waals surface area contributed by atoms with Crippen molar-refractivity contribution < 1.29 is 13.2 Å². The van der Waals surface area contributed by atoms with E-state index in [4.69, 9.17) is 16.9 Å². The van der Waals surface area contributed by atoms with Crippen LogP contribution in [0.1, 0.15) is 12.8 Å². The Balaban J connectivity index is 2.47. The number of carbonyl (C=O) groups excluding carboxylic acids is 1. The van der Waals surface area contributed by atoms with Crippen molar-refractivity contribution in [3.05, 3.63) is 29.3 Å². The van der Waals surface area contributed by atoms with Crippen molar-refractivity contribution >= 4 is 27.2 Å². The first-order valence-corrected chi connectivity index (χ1v) is 6.71. The fraction of sp³-hybridized carbons (Fsp3) is 0.273. The second-order valence-corrected chi connectivity index (χ2v) is 6.65. The van der Waals surface area contributed by atoms with Crippen molar-refractivity contribution in [3.8, 4) is 6.07 Å². The molecule has 0 heterocycles. The summed E-state index contributed by atoms with van der Waals surface area (Å²) >= 11 is 5.67. The van der Waals surface area contributed by atoms with Gasteiger partial charge >= 0.3 is 0 Å². The highest BCUT2D eigenvalue weighted by Crippen LogP contribution is 2.40. The average Bonchev–Trinajstić information content (AvgIpc) is 2.24. The lowest BCUT2D eigenvalue weighted by Gasteiger charge is -2.32. The Morgan fingerprint density at radius 2 is 1.76 bits per heavy atom. The number of halogens is 1. The third kappa shape index (κ3) is 1.74. The van der Waals surface area contributed by atoms with Crippen LogP contribution in [0.3, 0.4) is 0 Å². The molecular weight excluding hydrogens is 262 g/mol. The molecule has 0 aromatic heterocycles. The molecular formula is C11H8ClNO3S. The van der Waals surface area contributed by atoms with Gasteiger partial charge in [0.1, 0.15) is 5.78 Å². The van der Waals surface area contributed by atoms with Crippen LogP contribution in [-0.4, -0.2) is 18.9 Å². The van der Waals surface area contributed by atoms with E-state index in [1.54, 1.807) is 6.07 Å². The summed E-state index contributed by atoms with van der Waals surface area (Å²) in [5.41, 5.74) is 0. The van der Waals surface area contributed by atoms with Crippen molar-refractivity contribution in [1.82, 2.24) is 0 Å². The molecule has 1 saturated carbocycles. The summed E-state index contributed by atoms with van der Waals surface area (Å²) in [6.45, 7) is 0. The van der Waals surface area contributed by atoms with Crippen LogP contribution in [0.4, 0.5) is 0 Å². The molecule has 1 fully saturated rings. The van der Waals surface area contributed by atoms with Crippen LogP contribution < -0.4 is 0 Å². The van der Waals surface area contributed by atoms with Crippen LogP contribution >= 0.6 is 11.6 Å². The number of ketones is 1. The van der Waals surface area contributed by atoms with Gasteiger partial charge in [-0.3, -0.25) is 4.79 Å². The van der Waals surface area contributed by atoms with Crippen molar-refractivity contribution in [3.63, 3.8) is 0 Å². The van der Waals surface area contributed by atoms with Gasteiger partial charge in [-0.2, -0.15) is 5.26 Å². The van der Waals surface area contributed by atoms with Crippen LogP contribution in [0.25, 0.3) is 0 Å². The second kappa shape index (κ2) is 3.83. The van der Waals surface area contributed by atoms with E-state index in [2.05, 4.69) is 0 Å². The summed E-state index contributed by atoms with van der Waals surface area (Å²) in [5.74, 6) is -0.205. The van der Waals surface area contributed by atoms with Crippen LogP contribution in [0.5, 0.6) is 0 Å². The zero-order valence-electron chi connectivity index (χ0n) is 8.68. The van der Waals surface area contributed by atoms with E-state index in [0.717, 1.165) is 0 Å². The minimum Gasteiger partial charge on any atom is -0.300 e. The minimum atomic E-state index is -3.80. The molecule has 0 aliphatic heterocycles. The van der Waals surface area contributed by atoms with Gasteiger partial charge in [-0.15, -0.1) is 0 Å². The number of rotatable bonds is 2. The maximum Gasteiger partial charge on any atom is 0.198 e. The lowest BCUT2D eigenvalue weighted by molar-refractivity contribution is -0.124.